The summed E-state index contributed by atoms with van der Waals surface area (Å²) in [5.74, 6) is 0.961. The number of hydrogen-bond acceptors (Lipinski definition) is 3. The van der Waals surface area contributed by atoms with Crippen LogP contribution in [0, 0.1) is 0 Å². The van der Waals surface area contributed by atoms with Crippen LogP contribution in [0.1, 0.15) is 12.5 Å². The summed E-state index contributed by atoms with van der Waals surface area (Å²) in [5.41, 5.74) is 1.06. The summed E-state index contributed by atoms with van der Waals surface area (Å²) in [5, 5.41) is 3.95. The zero-order chi connectivity index (χ0) is 13.7. The molecule has 0 fully saturated rings. The van der Waals surface area contributed by atoms with E-state index in [1.165, 1.54) is 0 Å². The maximum atomic E-state index is 6.07. The van der Waals surface area contributed by atoms with Crippen molar-refractivity contribution in [3.05, 3.63) is 52.0 Å². The second-order valence-corrected chi connectivity index (χ2v) is 4.72. The Morgan fingerprint density at radius 1 is 1.16 bits per heavy atom. The molecule has 0 radical (unpaired) electrons. The first kappa shape index (κ1) is 14.0. The molecule has 0 aliphatic rings. The van der Waals surface area contributed by atoms with E-state index in [0.29, 0.717) is 28.3 Å². The maximum absolute atomic E-state index is 6.07. The van der Waals surface area contributed by atoms with Crippen molar-refractivity contribution >= 4 is 29.0 Å². The fraction of sp³-hybridized carbons (Fsp3) is 0.214. The molecule has 1 heterocycles. The maximum Gasteiger partial charge on any atom is 0.234 e. The minimum Gasteiger partial charge on any atom is -0.472 e. The van der Waals surface area contributed by atoms with E-state index in [9.17, 15) is 0 Å². The predicted molar refractivity (Wildman–Crippen MR) is 79.2 cm³/mol. The van der Waals surface area contributed by atoms with Crippen LogP contribution < -0.4 is 10.1 Å². The third-order valence-corrected chi connectivity index (χ3v) is 3.02. The second kappa shape index (κ2) is 6.64. The Kier molecular flexibility index (Phi) is 4.88. The van der Waals surface area contributed by atoms with Gasteiger partial charge in [0.1, 0.15) is 17.4 Å². The van der Waals surface area contributed by atoms with Gasteiger partial charge >= 0.3 is 0 Å². The molecule has 0 aliphatic carbocycles. The van der Waals surface area contributed by atoms with Gasteiger partial charge in [0.2, 0.25) is 5.88 Å². The van der Waals surface area contributed by atoms with Gasteiger partial charge in [-0.15, -0.1) is 0 Å². The van der Waals surface area contributed by atoms with Gasteiger partial charge in [0.25, 0.3) is 0 Å². The highest BCUT2D eigenvalue weighted by atomic mass is 35.5. The van der Waals surface area contributed by atoms with Crippen LogP contribution in [-0.4, -0.2) is 11.5 Å². The number of nitrogens with one attached hydrogen (secondary N) is 1. The molecular formula is C14H14Cl2N2O. The summed E-state index contributed by atoms with van der Waals surface area (Å²) >= 11 is 12.1. The smallest absolute Gasteiger partial charge is 0.234 e. The molecule has 0 aliphatic heterocycles. The molecule has 0 unspecified atom stereocenters. The Hall–Kier alpha value is -1.45. The number of halogens is 2. The van der Waals surface area contributed by atoms with E-state index in [-0.39, 0.29) is 0 Å². The molecule has 3 nitrogen and oxygen atoms in total. The highest BCUT2D eigenvalue weighted by molar-refractivity contribution is 6.36. The van der Waals surface area contributed by atoms with Gasteiger partial charge < -0.3 is 10.1 Å². The summed E-state index contributed by atoms with van der Waals surface area (Å²) in [6.07, 6.45) is 0. The lowest BCUT2D eigenvalue weighted by atomic mass is 10.2. The van der Waals surface area contributed by atoms with Crippen molar-refractivity contribution in [2.45, 2.75) is 13.5 Å². The standard InChI is InChI=1S/C14H14Cl2N2O/c1-2-17-13-11(15)8-12(16)14(18-13)19-9-10-6-4-3-5-7-10/h3-8H,2,9H2,1H3,(H,17,18). The first-order valence-electron chi connectivity index (χ1n) is 5.97. The summed E-state index contributed by atoms with van der Waals surface area (Å²) in [4.78, 5) is 4.28. The molecule has 0 atom stereocenters. The minimum absolute atomic E-state index is 0.380. The Balaban J connectivity index is 2.13. The Bertz CT molecular complexity index is 547. The molecule has 0 saturated carbocycles. The minimum atomic E-state index is 0.380. The molecular weight excluding hydrogens is 283 g/mol. The van der Waals surface area contributed by atoms with Gasteiger partial charge in [-0.25, -0.2) is 0 Å². The number of pyridine rings is 1. The zero-order valence-electron chi connectivity index (χ0n) is 10.5. The lowest BCUT2D eigenvalue weighted by molar-refractivity contribution is 0.294. The third-order valence-electron chi connectivity index (χ3n) is 2.46. The van der Waals surface area contributed by atoms with Gasteiger partial charge in [0, 0.05) is 6.54 Å². The fourth-order valence-electron chi connectivity index (χ4n) is 1.57. The van der Waals surface area contributed by atoms with E-state index in [0.717, 1.165) is 12.1 Å². The van der Waals surface area contributed by atoms with Crippen LogP contribution in [0.25, 0.3) is 0 Å². The number of nitrogens with zero attached hydrogens (tertiary/aromatic N) is 1. The van der Waals surface area contributed by atoms with E-state index in [2.05, 4.69) is 10.3 Å². The van der Waals surface area contributed by atoms with Crippen molar-refractivity contribution in [1.29, 1.82) is 0 Å². The van der Waals surface area contributed by atoms with Gasteiger partial charge in [-0.3, -0.25) is 0 Å². The highest BCUT2D eigenvalue weighted by Crippen LogP contribution is 2.31. The van der Waals surface area contributed by atoms with E-state index in [4.69, 9.17) is 27.9 Å². The molecule has 0 bridgehead atoms. The van der Waals surface area contributed by atoms with E-state index in [1.807, 2.05) is 37.3 Å². The molecule has 19 heavy (non-hydrogen) atoms. The summed E-state index contributed by atoms with van der Waals surface area (Å²) in [6, 6.07) is 11.5. The second-order valence-electron chi connectivity index (χ2n) is 3.91. The van der Waals surface area contributed by atoms with Crippen LogP contribution in [0.4, 0.5) is 5.82 Å². The Morgan fingerprint density at radius 3 is 2.58 bits per heavy atom. The first-order valence-corrected chi connectivity index (χ1v) is 6.73. The van der Waals surface area contributed by atoms with Crippen LogP contribution in [0.5, 0.6) is 5.88 Å². The fourth-order valence-corrected chi connectivity index (χ4v) is 2.05. The molecule has 2 rings (SSSR count). The van der Waals surface area contributed by atoms with Crippen molar-refractivity contribution < 1.29 is 4.74 Å². The molecule has 5 heteroatoms. The summed E-state index contributed by atoms with van der Waals surface area (Å²) in [7, 11) is 0. The van der Waals surface area contributed by atoms with Crippen molar-refractivity contribution in [3.63, 3.8) is 0 Å². The molecule has 1 aromatic carbocycles. The van der Waals surface area contributed by atoms with Gasteiger partial charge in [-0.05, 0) is 18.6 Å². The third kappa shape index (κ3) is 3.75. The SMILES string of the molecule is CCNc1nc(OCc2ccccc2)c(Cl)cc1Cl. The van der Waals surface area contributed by atoms with Gasteiger partial charge in [-0.1, -0.05) is 53.5 Å². The number of hydrogen-bond donors (Lipinski definition) is 1. The van der Waals surface area contributed by atoms with Gasteiger partial charge in [0.05, 0.1) is 5.02 Å². The number of rotatable bonds is 5. The van der Waals surface area contributed by atoms with E-state index < -0.39 is 0 Å². The number of ether oxygens (including phenoxy) is 1. The molecule has 1 N–H and O–H groups in total. The van der Waals surface area contributed by atoms with Crippen LogP contribution in [0.15, 0.2) is 36.4 Å². The summed E-state index contributed by atoms with van der Waals surface area (Å²) < 4.78 is 5.62. The molecule has 100 valence electrons. The van der Waals surface area contributed by atoms with Crippen molar-refractivity contribution in [1.82, 2.24) is 4.98 Å². The van der Waals surface area contributed by atoms with Crippen LogP contribution in [0.3, 0.4) is 0 Å². The van der Waals surface area contributed by atoms with Crippen LogP contribution in [0.2, 0.25) is 10.0 Å². The Morgan fingerprint density at radius 2 is 1.89 bits per heavy atom. The largest absolute Gasteiger partial charge is 0.472 e. The predicted octanol–water partition coefficient (Wildman–Crippen LogP) is 4.40. The van der Waals surface area contributed by atoms with E-state index >= 15 is 0 Å². The quantitative estimate of drug-likeness (QED) is 0.888. The average molecular weight is 297 g/mol. The van der Waals surface area contributed by atoms with Crippen molar-refractivity contribution in [3.8, 4) is 5.88 Å². The van der Waals surface area contributed by atoms with Crippen LogP contribution in [-0.2, 0) is 6.61 Å². The highest BCUT2D eigenvalue weighted by Gasteiger charge is 2.10. The Labute approximate surface area is 122 Å². The van der Waals surface area contributed by atoms with Gasteiger partial charge in [-0.2, -0.15) is 4.98 Å². The lowest BCUT2D eigenvalue weighted by Gasteiger charge is -2.11. The first-order chi connectivity index (χ1) is 9.20. The molecule has 0 spiro atoms. The monoisotopic (exact) mass is 296 g/mol. The van der Waals surface area contributed by atoms with E-state index in [1.54, 1.807) is 6.07 Å². The van der Waals surface area contributed by atoms with Crippen molar-refractivity contribution in [2.24, 2.45) is 0 Å². The molecule has 1 aromatic heterocycles. The lowest BCUT2D eigenvalue weighted by Crippen LogP contribution is -2.03. The number of anilines is 1. The van der Waals surface area contributed by atoms with Crippen LogP contribution >= 0.6 is 23.2 Å². The molecule has 0 amide bonds. The summed E-state index contributed by atoms with van der Waals surface area (Å²) in [6.45, 7) is 3.12. The molecule has 2 aromatic rings. The zero-order valence-corrected chi connectivity index (χ0v) is 12.0. The number of benzene rings is 1. The topological polar surface area (TPSA) is 34.2 Å². The number of aromatic nitrogens is 1. The van der Waals surface area contributed by atoms with Crippen molar-refractivity contribution in [2.75, 3.05) is 11.9 Å². The van der Waals surface area contributed by atoms with Gasteiger partial charge in [0.15, 0.2) is 0 Å². The molecule has 0 saturated heterocycles. The normalized spacial score (nSPS) is 10.3. The average Bonchev–Trinajstić information content (AvgIpc) is 2.42.